The summed E-state index contributed by atoms with van der Waals surface area (Å²) in [7, 11) is 0. The zero-order valence-corrected chi connectivity index (χ0v) is 10.2. The molecule has 0 radical (unpaired) electrons. The molecule has 0 spiro atoms. The van der Waals surface area contributed by atoms with E-state index >= 15 is 0 Å². The van der Waals surface area contributed by atoms with Crippen LogP contribution in [0, 0.1) is 11.3 Å². The summed E-state index contributed by atoms with van der Waals surface area (Å²) in [4.78, 5) is 12.4. The van der Waals surface area contributed by atoms with E-state index in [0.717, 1.165) is 25.7 Å². The third-order valence-electron chi connectivity index (χ3n) is 4.08. The second-order valence-corrected chi connectivity index (χ2v) is 4.92. The van der Waals surface area contributed by atoms with E-state index in [-0.39, 0.29) is 11.3 Å². The van der Waals surface area contributed by atoms with Crippen LogP contribution in [0.4, 0.5) is 0 Å². The quantitative estimate of drug-likeness (QED) is 0.760. The zero-order chi connectivity index (χ0) is 11.3. The summed E-state index contributed by atoms with van der Waals surface area (Å²) >= 11 is 0. The molecule has 1 aliphatic carbocycles. The number of rotatable bonds is 5. The van der Waals surface area contributed by atoms with Gasteiger partial charge in [0.25, 0.3) is 0 Å². The SMILES string of the molecule is CCC(CC)C(=O)C1(CN)CCCCC1. The van der Waals surface area contributed by atoms with Crippen molar-refractivity contribution in [1.29, 1.82) is 0 Å². The van der Waals surface area contributed by atoms with Gasteiger partial charge in [-0.25, -0.2) is 0 Å². The molecule has 0 aromatic heterocycles. The van der Waals surface area contributed by atoms with Gasteiger partial charge in [0.1, 0.15) is 5.78 Å². The van der Waals surface area contributed by atoms with Crippen LogP contribution in [-0.2, 0) is 4.79 Å². The lowest BCUT2D eigenvalue weighted by Crippen LogP contribution is -2.43. The van der Waals surface area contributed by atoms with Gasteiger partial charge in [0, 0.05) is 17.9 Å². The lowest BCUT2D eigenvalue weighted by molar-refractivity contribution is -0.134. The number of hydrogen-bond acceptors (Lipinski definition) is 2. The van der Waals surface area contributed by atoms with Crippen LogP contribution in [-0.4, -0.2) is 12.3 Å². The first-order valence-corrected chi connectivity index (χ1v) is 6.44. The molecule has 1 aliphatic rings. The molecule has 1 saturated carbocycles. The highest BCUT2D eigenvalue weighted by atomic mass is 16.1. The van der Waals surface area contributed by atoms with Crippen LogP contribution in [0.25, 0.3) is 0 Å². The molecule has 0 aliphatic heterocycles. The van der Waals surface area contributed by atoms with Crippen LogP contribution >= 0.6 is 0 Å². The predicted octanol–water partition coefficient (Wildman–Crippen LogP) is 2.90. The van der Waals surface area contributed by atoms with E-state index in [2.05, 4.69) is 13.8 Å². The van der Waals surface area contributed by atoms with Gasteiger partial charge in [0.05, 0.1) is 0 Å². The smallest absolute Gasteiger partial charge is 0.143 e. The maximum absolute atomic E-state index is 12.4. The first kappa shape index (κ1) is 12.7. The highest BCUT2D eigenvalue weighted by Crippen LogP contribution is 2.39. The summed E-state index contributed by atoms with van der Waals surface area (Å²) in [5.74, 6) is 0.696. The maximum Gasteiger partial charge on any atom is 0.143 e. The average Bonchev–Trinajstić information content (AvgIpc) is 2.31. The molecular weight excluding hydrogens is 186 g/mol. The lowest BCUT2D eigenvalue weighted by atomic mass is 9.67. The van der Waals surface area contributed by atoms with Gasteiger partial charge < -0.3 is 5.73 Å². The van der Waals surface area contributed by atoms with Crippen LogP contribution in [0.2, 0.25) is 0 Å². The van der Waals surface area contributed by atoms with Crippen molar-refractivity contribution in [3.05, 3.63) is 0 Å². The number of nitrogens with two attached hydrogens (primary N) is 1. The minimum absolute atomic E-state index is 0.158. The van der Waals surface area contributed by atoms with Crippen LogP contribution in [0.15, 0.2) is 0 Å². The second kappa shape index (κ2) is 5.64. The molecule has 1 fully saturated rings. The van der Waals surface area contributed by atoms with Gasteiger partial charge in [-0.3, -0.25) is 4.79 Å². The molecule has 2 nitrogen and oxygen atoms in total. The van der Waals surface area contributed by atoms with Crippen molar-refractivity contribution in [1.82, 2.24) is 0 Å². The van der Waals surface area contributed by atoms with E-state index in [1.165, 1.54) is 19.3 Å². The zero-order valence-electron chi connectivity index (χ0n) is 10.2. The third-order valence-corrected chi connectivity index (χ3v) is 4.08. The molecular formula is C13H25NO. The number of carbonyl (C=O) groups is 1. The first-order valence-electron chi connectivity index (χ1n) is 6.44. The summed E-state index contributed by atoms with van der Waals surface area (Å²) in [6, 6.07) is 0. The van der Waals surface area contributed by atoms with E-state index in [0.29, 0.717) is 12.3 Å². The Morgan fingerprint density at radius 2 is 1.73 bits per heavy atom. The molecule has 0 saturated heterocycles. The fourth-order valence-electron chi connectivity index (χ4n) is 2.87. The van der Waals surface area contributed by atoms with Crippen LogP contribution in [0.3, 0.4) is 0 Å². The Morgan fingerprint density at radius 3 is 2.13 bits per heavy atom. The highest BCUT2D eigenvalue weighted by molar-refractivity contribution is 5.87. The fraction of sp³-hybridized carbons (Fsp3) is 0.923. The molecule has 1 rings (SSSR count). The molecule has 2 heteroatoms. The molecule has 0 aromatic rings. The number of hydrogen-bond donors (Lipinski definition) is 1. The highest BCUT2D eigenvalue weighted by Gasteiger charge is 2.40. The van der Waals surface area contributed by atoms with Crippen molar-refractivity contribution in [2.45, 2.75) is 58.8 Å². The molecule has 15 heavy (non-hydrogen) atoms. The number of Topliss-reactive ketones (excluding diaryl/α,β-unsaturated/α-hetero) is 1. The maximum atomic E-state index is 12.4. The summed E-state index contributed by atoms with van der Waals surface area (Å²) in [6.07, 6.45) is 7.63. The van der Waals surface area contributed by atoms with Gasteiger partial charge in [-0.15, -0.1) is 0 Å². The van der Waals surface area contributed by atoms with Gasteiger partial charge in [-0.1, -0.05) is 33.1 Å². The monoisotopic (exact) mass is 211 g/mol. The molecule has 0 unspecified atom stereocenters. The van der Waals surface area contributed by atoms with E-state index in [4.69, 9.17) is 5.73 Å². The first-order chi connectivity index (χ1) is 7.20. The van der Waals surface area contributed by atoms with Gasteiger partial charge in [-0.2, -0.15) is 0 Å². The molecule has 0 aromatic carbocycles. The second-order valence-electron chi connectivity index (χ2n) is 4.92. The molecule has 0 atom stereocenters. The van der Waals surface area contributed by atoms with Gasteiger partial charge in [0.2, 0.25) is 0 Å². The van der Waals surface area contributed by atoms with Crippen LogP contribution in [0.1, 0.15) is 58.8 Å². The topological polar surface area (TPSA) is 43.1 Å². The standard InChI is InChI=1S/C13H25NO/c1-3-11(4-2)12(15)13(10-14)8-6-5-7-9-13/h11H,3-10,14H2,1-2H3. The minimum atomic E-state index is -0.158. The Kier molecular flexibility index (Phi) is 4.78. The number of carbonyl (C=O) groups excluding carboxylic acids is 1. The van der Waals surface area contributed by atoms with E-state index < -0.39 is 0 Å². The van der Waals surface area contributed by atoms with Crippen LogP contribution in [0.5, 0.6) is 0 Å². The van der Waals surface area contributed by atoms with Crippen molar-refractivity contribution in [3.8, 4) is 0 Å². The predicted molar refractivity (Wildman–Crippen MR) is 63.7 cm³/mol. The third kappa shape index (κ3) is 2.60. The van der Waals surface area contributed by atoms with Crippen molar-refractivity contribution >= 4 is 5.78 Å². The summed E-state index contributed by atoms with van der Waals surface area (Å²) in [5.41, 5.74) is 5.71. The Morgan fingerprint density at radius 1 is 1.20 bits per heavy atom. The largest absolute Gasteiger partial charge is 0.329 e. The number of ketones is 1. The van der Waals surface area contributed by atoms with Crippen molar-refractivity contribution < 1.29 is 4.79 Å². The molecule has 0 bridgehead atoms. The Labute approximate surface area is 93.6 Å². The van der Waals surface area contributed by atoms with Gasteiger partial charge >= 0.3 is 0 Å². The molecule has 88 valence electrons. The molecule has 0 heterocycles. The Hall–Kier alpha value is -0.370. The van der Waals surface area contributed by atoms with Crippen molar-refractivity contribution in [3.63, 3.8) is 0 Å². The van der Waals surface area contributed by atoms with Crippen molar-refractivity contribution in [2.75, 3.05) is 6.54 Å². The molecule has 0 amide bonds. The fourth-order valence-corrected chi connectivity index (χ4v) is 2.87. The molecule has 2 N–H and O–H groups in total. The van der Waals surface area contributed by atoms with E-state index in [1.54, 1.807) is 0 Å². The van der Waals surface area contributed by atoms with E-state index in [9.17, 15) is 4.79 Å². The average molecular weight is 211 g/mol. The summed E-state index contributed by atoms with van der Waals surface area (Å²) in [5, 5.41) is 0. The van der Waals surface area contributed by atoms with Crippen LogP contribution < -0.4 is 5.73 Å². The Bertz CT molecular complexity index is 203. The Balaban J connectivity index is 2.75. The van der Waals surface area contributed by atoms with Crippen molar-refractivity contribution in [2.24, 2.45) is 17.1 Å². The summed E-state index contributed by atoms with van der Waals surface area (Å²) in [6.45, 7) is 4.78. The van der Waals surface area contributed by atoms with Gasteiger partial charge in [-0.05, 0) is 25.7 Å². The minimum Gasteiger partial charge on any atom is -0.329 e. The summed E-state index contributed by atoms with van der Waals surface area (Å²) < 4.78 is 0. The normalized spacial score (nSPS) is 20.5. The van der Waals surface area contributed by atoms with E-state index in [1.807, 2.05) is 0 Å². The van der Waals surface area contributed by atoms with Gasteiger partial charge in [0.15, 0.2) is 0 Å². The lowest BCUT2D eigenvalue weighted by Gasteiger charge is -2.37.